The average molecular weight is 382 g/mol. The molecular formula is C19H26N8O. The van der Waals surface area contributed by atoms with Crippen LogP contribution in [0.15, 0.2) is 37.4 Å². The van der Waals surface area contributed by atoms with E-state index in [0.29, 0.717) is 13.0 Å². The van der Waals surface area contributed by atoms with Gasteiger partial charge in [0.2, 0.25) is 5.91 Å². The van der Waals surface area contributed by atoms with Crippen molar-refractivity contribution < 1.29 is 4.79 Å². The molecule has 1 atom stereocenters. The number of imidazole rings is 2. The minimum absolute atomic E-state index is 0.227. The second-order valence-corrected chi connectivity index (χ2v) is 7.35. The number of aromatic nitrogens is 7. The zero-order chi connectivity index (χ0) is 19.3. The summed E-state index contributed by atoms with van der Waals surface area (Å²) in [4.78, 5) is 22.8. The number of hydrogen-bond acceptors (Lipinski definition) is 5. The van der Waals surface area contributed by atoms with Gasteiger partial charge in [-0.1, -0.05) is 0 Å². The molecule has 9 nitrogen and oxygen atoms in total. The molecule has 1 fully saturated rings. The van der Waals surface area contributed by atoms with Gasteiger partial charge in [0.05, 0.1) is 19.2 Å². The first-order valence-electron chi connectivity index (χ1n) is 9.78. The van der Waals surface area contributed by atoms with E-state index in [9.17, 15) is 4.79 Å². The third kappa shape index (κ3) is 4.13. The molecule has 28 heavy (non-hydrogen) atoms. The summed E-state index contributed by atoms with van der Waals surface area (Å²) in [5, 5.41) is 8.81. The second kappa shape index (κ2) is 8.37. The molecule has 3 aromatic heterocycles. The number of amides is 1. The van der Waals surface area contributed by atoms with E-state index < -0.39 is 0 Å². The summed E-state index contributed by atoms with van der Waals surface area (Å²) in [7, 11) is 2.01. The third-order valence-electron chi connectivity index (χ3n) is 5.39. The van der Waals surface area contributed by atoms with Gasteiger partial charge in [0.15, 0.2) is 5.82 Å². The fourth-order valence-electron chi connectivity index (χ4n) is 3.82. The summed E-state index contributed by atoms with van der Waals surface area (Å²) in [6.45, 7) is 3.03. The highest BCUT2D eigenvalue weighted by Crippen LogP contribution is 2.26. The van der Waals surface area contributed by atoms with Crippen molar-refractivity contribution in [1.29, 1.82) is 0 Å². The van der Waals surface area contributed by atoms with Gasteiger partial charge in [0, 0.05) is 63.8 Å². The van der Waals surface area contributed by atoms with Crippen LogP contribution in [0.5, 0.6) is 0 Å². The topological polar surface area (TPSA) is 86.7 Å². The van der Waals surface area contributed by atoms with Gasteiger partial charge in [-0.2, -0.15) is 0 Å². The van der Waals surface area contributed by atoms with Crippen molar-refractivity contribution in [2.45, 2.75) is 44.7 Å². The monoisotopic (exact) mass is 382 g/mol. The van der Waals surface area contributed by atoms with Crippen LogP contribution in [0.1, 0.15) is 43.3 Å². The first-order valence-corrected chi connectivity index (χ1v) is 9.78. The molecule has 0 spiro atoms. The maximum absolute atomic E-state index is 12.7. The van der Waals surface area contributed by atoms with Crippen molar-refractivity contribution in [3.05, 3.63) is 49.1 Å². The van der Waals surface area contributed by atoms with Crippen molar-refractivity contribution in [2.24, 2.45) is 7.05 Å². The maximum atomic E-state index is 12.7. The van der Waals surface area contributed by atoms with E-state index >= 15 is 0 Å². The van der Waals surface area contributed by atoms with Crippen LogP contribution in [0.25, 0.3) is 0 Å². The molecule has 1 aliphatic rings. The van der Waals surface area contributed by atoms with Crippen LogP contribution in [-0.2, 0) is 24.9 Å². The normalized spacial score (nSPS) is 17.2. The molecule has 0 saturated carbocycles. The predicted octanol–water partition coefficient (Wildman–Crippen LogP) is 1.44. The van der Waals surface area contributed by atoms with Crippen molar-refractivity contribution in [1.82, 2.24) is 38.8 Å². The van der Waals surface area contributed by atoms with E-state index in [0.717, 1.165) is 50.5 Å². The van der Waals surface area contributed by atoms with E-state index in [2.05, 4.69) is 24.7 Å². The fourth-order valence-corrected chi connectivity index (χ4v) is 3.82. The lowest BCUT2D eigenvalue weighted by molar-refractivity contribution is -0.132. The molecule has 0 aromatic carbocycles. The third-order valence-corrected chi connectivity index (χ3v) is 5.39. The lowest BCUT2D eigenvalue weighted by Gasteiger charge is -2.32. The van der Waals surface area contributed by atoms with Crippen LogP contribution >= 0.6 is 0 Å². The Bertz CT molecular complexity index is 883. The molecule has 148 valence electrons. The van der Waals surface area contributed by atoms with Crippen LogP contribution in [-0.4, -0.2) is 57.8 Å². The Morgan fingerprint density at radius 3 is 2.68 bits per heavy atom. The van der Waals surface area contributed by atoms with Crippen molar-refractivity contribution in [3.8, 4) is 0 Å². The summed E-state index contributed by atoms with van der Waals surface area (Å²) >= 11 is 0. The lowest BCUT2D eigenvalue weighted by Crippen LogP contribution is -2.39. The summed E-state index contributed by atoms with van der Waals surface area (Å²) in [6.07, 6.45) is 14.4. The molecule has 4 heterocycles. The summed E-state index contributed by atoms with van der Waals surface area (Å²) in [5.74, 6) is 2.33. The Hall–Kier alpha value is -2.97. The summed E-state index contributed by atoms with van der Waals surface area (Å²) in [6, 6.07) is 0. The number of carbonyl (C=O) groups excluding carboxylic acids is 1. The standard InChI is InChI=1S/C19H26N8O/c1-24-17(13-26-11-7-21-15-26)22-23-19(24)16-4-2-9-27(12-16)18(28)5-3-8-25-10-6-20-14-25/h6-7,10-11,14-16H,2-5,8-9,12-13H2,1H3/t16-/m0/s1. The fraction of sp³-hybridized carbons (Fsp3) is 0.526. The molecular weight excluding hydrogens is 356 g/mol. The SMILES string of the molecule is Cn1c(Cn2ccnc2)nnc1[C@H]1CCCN(C(=O)CCCn2ccnc2)C1. The largest absolute Gasteiger partial charge is 0.342 e. The Kier molecular flexibility index (Phi) is 5.50. The minimum Gasteiger partial charge on any atom is -0.342 e. The van der Waals surface area contributed by atoms with Gasteiger partial charge in [-0.3, -0.25) is 4.79 Å². The van der Waals surface area contributed by atoms with Gasteiger partial charge in [-0.15, -0.1) is 10.2 Å². The molecule has 0 radical (unpaired) electrons. The van der Waals surface area contributed by atoms with Gasteiger partial charge < -0.3 is 18.6 Å². The lowest BCUT2D eigenvalue weighted by atomic mass is 9.96. The van der Waals surface area contributed by atoms with E-state index in [1.54, 1.807) is 25.0 Å². The number of carbonyl (C=O) groups is 1. The number of hydrogen-bond donors (Lipinski definition) is 0. The molecule has 4 rings (SSSR count). The molecule has 9 heteroatoms. The molecule has 1 amide bonds. The maximum Gasteiger partial charge on any atom is 0.222 e. The summed E-state index contributed by atoms with van der Waals surface area (Å²) < 4.78 is 6.05. The van der Waals surface area contributed by atoms with Crippen molar-refractivity contribution in [3.63, 3.8) is 0 Å². The van der Waals surface area contributed by atoms with Crippen molar-refractivity contribution in [2.75, 3.05) is 13.1 Å². The first-order chi connectivity index (χ1) is 13.7. The number of aryl methyl sites for hydroxylation is 1. The highest BCUT2D eigenvalue weighted by Gasteiger charge is 2.28. The molecule has 0 aliphatic carbocycles. The van der Waals surface area contributed by atoms with Gasteiger partial charge in [-0.05, 0) is 19.3 Å². The molecule has 0 bridgehead atoms. The minimum atomic E-state index is 0.227. The Morgan fingerprint density at radius 1 is 1.14 bits per heavy atom. The molecule has 0 unspecified atom stereocenters. The Balaban J connectivity index is 1.34. The van der Waals surface area contributed by atoms with E-state index in [1.165, 1.54) is 0 Å². The van der Waals surface area contributed by atoms with E-state index in [1.807, 2.05) is 33.5 Å². The number of nitrogens with zero attached hydrogens (tertiary/aromatic N) is 8. The van der Waals surface area contributed by atoms with Gasteiger partial charge >= 0.3 is 0 Å². The zero-order valence-electron chi connectivity index (χ0n) is 16.2. The van der Waals surface area contributed by atoms with Crippen LogP contribution in [0.3, 0.4) is 0 Å². The Labute approximate surface area is 164 Å². The van der Waals surface area contributed by atoms with Gasteiger partial charge in [-0.25, -0.2) is 9.97 Å². The predicted molar refractivity (Wildman–Crippen MR) is 102 cm³/mol. The highest BCUT2D eigenvalue weighted by molar-refractivity contribution is 5.76. The van der Waals surface area contributed by atoms with Gasteiger partial charge in [0.25, 0.3) is 0 Å². The molecule has 3 aromatic rings. The first kappa shape index (κ1) is 18.4. The Morgan fingerprint density at radius 2 is 1.93 bits per heavy atom. The van der Waals surface area contributed by atoms with E-state index in [-0.39, 0.29) is 11.8 Å². The number of rotatable bonds is 7. The number of likely N-dealkylation sites (tertiary alicyclic amines) is 1. The second-order valence-electron chi connectivity index (χ2n) is 7.35. The quantitative estimate of drug-likeness (QED) is 0.617. The highest BCUT2D eigenvalue weighted by atomic mass is 16.2. The van der Waals surface area contributed by atoms with Crippen molar-refractivity contribution >= 4 is 5.91 Å². The van der Waals surface area contributed by atoms with E-state index in [4.69, 9.17) is 0 Å². The molecule has 0 N–H and O–H groups in total. The van der Waals surface area contributed by atoms with Crippen LogP contribution < -0.4 is 0 Å². The average Bonchev–Trinajstić information content (AvgIpc) is 3.46. The molecule has 1 saturated heterocycles. The molecule has 1 aliphatic heterocycles. The summed E-state index contributed by atoms with van der Waals surface area (Å²) in [5.41, 5.74) is 0. The van der Waals surface area contributed by atoms with Crippen LogP contribution in [0.2, 0.25) is 0 Å². The zero-order valence-corrected chi connectivity index (χ0v) is 16.2. The smallest absolute Gasteiger partial charge is 0.222 e. The number of piperidine rings is 1. The van der Waals surface area contributed by atoms with Crippen LogP contribution in [0, 0.1) is 0 Å². The van der Waals surface area contributed by atoms with Gasteiger partial charge in [0.1, 0.15) is 5.82 Å². The van der Waals surface area contributed by atoms with Crippen LogP contribution in [0.4, 0.5) is 0 Å².